The molecule has 2 rings (SSSR count). The van der Waals surface area contributed by atoms with Crippen LogP contribution in [-0.4, -0.2) is 29.2 Å². The molecule has 0 amide bonds. The van der Waals surface area contributed by atoms with Gasteiger partial charge in [-0.3, -0.25) is 0 Å². The molecule has 1 aromatic heterocycles. The summed E-state index contributed by atoms with van der Waals surface area (Å²) < 4.78 is 5.74. The van der Waals surface area contributed by atoms with E-state index < -0.39 is 0 Å². The van der Waals surface area contributed by atoms with Crippen LogP contribution in [0, 0.1) is 0 Å². The first-order valence-corrected chi connectivity index (χ1v) is 5.52. The van der Waals surface area contributed by atoms with Gasteiger partial charge in [-0.25, -0.2) is 9.97 Å². The van der Waals surface area contributed by atoms with Crippen LogP contribution in [0.3, 0.4) is 0 Å². The minimum atomic E-state index is 0. The van der Waals surface area contributed by atoms with Crippen LogP contribution < -0.4 is 5.32 Å². The van der Waals surface area contributed by atoms with Gasteiger partial charge in [0.2, 0.25) is 5.28 Å². The van der Waals surface area contributed by atoms with Crippen LogP contribution in [0.1, 0.15) is 18.5 Å². The molecule has 0 radical (unpaired) electrons. The summed E-state index contributed by atoms with van der Waals surface area (Å²) in [4.78, 5) is 7.89. The van der Waals surface area contributed by atoms with Gasteiger partial charge in [0.15, 0.2) is 0 Å². The van der Waals surface area contributed by atoms with Crippen LogP contribution in [0.5, 0.6) is 0 Å². The molecule has 1 fully saturated rings. The summed E-state index contributed by atoms with van der Waals surface area (Å²) in [5.41, 5.74) is 0.841. The summed E-state index contributed by atoms with van der Waals surface area (Å²) in [6.07, 6.45) is 4.13. The first kappa shape index (κ1) is 13.6. The summed E-state index contributed by atoms with van der Waals surface area (Å²) in [6, 6.07) is 1.83. The molecule has 0 saturated carbocycles. The van der Waals surface area contributed by atoms with E-state index in [0.29, 0.717) is 12.7 Å². The smallest absolute Gasteiger partial charge is 0.222 e. The number of piperidine rings is 1. The fourth-order valence-corrected chi connectivity index (χ4v) is 1.78. The van der Waals surface area contributed by atoms with Crippen molar-refractivity contribution in [2.75, 3.05) is 13.1 Å². The molecule has 0 atom stereocenters. The molecule has 0 bridgehead atoms. The average Bonchev–Trinajstić information content (AvgIpc) is 2.28. The van der Waals surface area contributed by atoms with Crippen LogP contribution in [0.4, 0.5) is 0 Å². The van der Waals surface area contributed by atoms with E-state index in [1.807, 2.05) is 6.07 Å². The van der Waals surface area contributed by atoms with Gasteiger partial charge in [-0.15, -0.1) is 12.4 Å². The lowest BCUT2D eigenvalue weighted by Crippen LogP contribution is -2.32. The minimum absolute atomic E-state index is 0. The second kappa shape index (κ2) is 7.01. The van der Waals surface area contributed by atoms with E-state index in [4.69, 9.17) is 16.3 Å². The van der Waals surface area contributed by atoms with Gasteiger partial charge in [0.1, 0.15) is 0 Å². The van der Waals surface area contributed by atoms with Gasteiger partial charge in [0.25, 0.3) is 0 Å². The highest BCUT2D eigenvalue weighted by Gasteiger charge is 2.13. The van der Waals surface area contributed by atoms with Crippen LogP contribution in [0.15, 0.2) is 12.3 Å². The third kappa shape index (κ3) is 4.22. The zero-order valence-electron chi connectivity index (χ0n) is 8.86. The van der Waals surface area contributed by atoms with E-state index in [0.717, 1.165) is 31.6 Å². The van der Waals surface area contributed by atoms with Gasteiger partial charge in [0, 0.05) is 6.20 Å². The van der Waals surface area contributed by atoms with Crippen LogP contribution in [0.25, 0.3) is 0 Å². The predicted octanol–water partition coefficient (Wildman–Crippen LogP) is 1.82. The standard InChI is InChI=1S/C10H14ClN3O.ClH/c11-10-13-6-1-8(14-10)7-15-9-2-4-12-5-3-9;/h1,6,9,12H,2-5,7H2;1H. The Kier molecular flexibility index (Phi) is 5.98. The molecule has 0 aliphatic carbocycles. The minimum Gasteiger partial charge on any atom is -0.372 e. The zero-order valence-corrected chi connectivity index (χ0v) is 10.4. The molecule has 6 heteroatoms. The maximum absolute atomic E-state index is 5.74. The number of hydrogen-bond donors (Lipinski definition) is 1. The summed E-state index contributed by atoms with van der Waals surface area (Å²) in [7, 11) is 0. The number of nitrogens with zero attached hydrogens (tertiary/aromatic N) is 2. The van der Waals surface area contributed by atoms with Gasteiger partial charge < -0.3 is 10.1 Å². The predicted molar refractivity (Wildman–Crippen MR) is 65.0 cm³/mol. The molecule has 1 aliphatic heterocycles. The topological polar surface area (TPSA) is 47.0 Å². The summed E-state index contributed by atoms with van der Waals surface area (Å²) in [5.74, 6) is 0. The second-order valence-electron chi connectivity index (χ2n) is 3.58. The molecular formula is C10H15Cl2N3O. The van der Waals surface area contributed by atoms with E-state index >= 15 is 0 Å². The molecule has 4 nitrogen and oxygen atoms in total. The zero-order chi connectivity index (χ0) is 10.5. The lowest BCUT2D eigenvalue weighted by molar-refractivity contribution is 0.0195. The fourth-order valence-electron chi connectivity index (χ4n) is 1.62. The highest BCUT2D eigenvalue weighted by atomic mass is 35.5. The van der Waals surface area contributed by atoms with E-state index in [9.17, 15) is 0 Å². The maximum Gasteiger partial charge on any atom is 0.222 e. The average molecular weight is 264 g/mol. The highest BCUT2D eigenvalue weighted by Crippen LogP contribution is 2.10. The molecule has 0 spiro atoms. The molecule has 1 N–H and O–H groups in total. The van der Waals surface area contributed by atoms with Crippen molar-refractivity contribution in [3.63, 3.8) is 0 Å². The molecular weight excluding hydrogens is 249 g/mol. The Balaban J connectivity index is 0.00000128. The van der Waals surface area contributed by atoms with Gasteiger partial charge in [-0.2, -0.15) is 0 Å². The quantitative estimate of drug-likeness (QED) is 0.846. The second-order valence-corrected chi connectivity index (χ2v) is 3.92. The van der Waals surface area contributed by atoms with E-state index in [2.05, 4.69) is 15.3 Å². The lowest BCUT2D eigenvalue weighted by atomic mass is 10.1. The number of aromatic nitrogens is 2. The van der Waals surface area contributed by atoms with Crippen molar-refractivity contribution >= 4 is 24.0 Å². The van der Waals surface area contributed by atoms with Crippen LogP contribution in [0.2, 0.25) is 5.28 Å². The summed E-state index contributed by atoms with van der Waals surface area (Å²) in [6.45, 7) is 2.59. The normalized spacial score (nSPS) is 16.8. The Morgan fingerprint density at radius 3 is 2.88 bits per heavy atom. The monoisotopic (exact) mass is 263 g/mol. The van der Waals surface area contributed by atoms with Crippen molar-refractivity contribution in [3.8, 4) is 0 Å². The Bertz CT molecular complexity index is 319. The molecule has 1 aromatic rings. The maximum atomic E-state index is 5.74. The van der Waals surface area contributed by atoms with Crippen molar-refractivity contribution in [1.29, 1.82) is 0 Å². The van der Waals surface area contributed by atoms with Gasteiger partial charge in [-0.1, -0.05) is 0 Å². The summed E-state index contributed by atoms with van der Waals surface area (Å²) in [5, 5.41) is 3.57. The first-order chi connectivity index (χ1) is 7.34. The van der Waals surface area contributed by atoms with Gasteiger partial charge in [0.05, 0.1) is 18.4 Å². The number of nitrogens with one attached hydrogen (secondary N) is 1. The Morgan fingerprint density at radius 2 is 2.19 bits per heavy atom. The fraction of sp³-hybridized carbons (Fsp3) is 0.600. The van der Waals surface area contributed by atoms with E-state index in [1.165, 1.54) is 0 Å². The van der Waals surface area contributed by atoms with Crippen LogP contribution in [-0.2, 0) is 11.3 Å². The molecule has 1 aliphatic rings. The number of ether oxygens (including phenoxy) is 1. The van der Waals surface area contributed by atoms with Crippen molar-refractivity contribution in [3.05, 3.63) is 23.2 Å². The Labute approximate surface area is 106 Å². The van der Waals surface area contributed by atoms with Crippen LogP contribution >= 0.6 is 24.0 Å². The molecule has 0 unspecified atom stereocenters. The van der Waals surface area contributed by atoms with Crippen molar-refractivity contribution < 1.29 is 4.74 Å². The van der Waals surface area contributed by atoms with Gasteiger partial charge in [-0.05, 0) is 43.6 Å². The SMILES string of the molecule is Cl.Clc1nccc(COC2CCNCC2)n1. The Hall–Kier alpha value is -0.420. The van der Waals surface area contributed by atoms with E-state index in [1.54, 1.807) is 6.20 Å². The lowest BCUT2D eigenvalue weighted by Gasteiger charge is -2.22. The summed E-state index contributed by atoms with van der Waals surface area (Å²) >= 11 is 5.68. The van der Waals surface area contributed by atoms with Crippen molar-refractivity contribution in [2.45, 2.75) is 25.6 Å². The van der Waals surface area contributed by atoms with Gasteiger partial charge >= 0.3 is 0 Å². The molecule has 16 heavy (non-hydrogen) atoms. The number of rotatable bonds is 3. The largest absolute Gasteiger partial charge is 0.372 e. The molecule has 1 saturated heterocycles. The third-order valence-corrected chi connectivity index (χ3v) is 2.62. The molecule has 90 valence electrons. The van der Waals surface area contributed by atoms with E-state index in [-0.39, 0.29) is 17.7 Å². The molecule has 2 heterocycles. The van der Waals surface area contributed by atoms with Crippen molar-refractivity contribution in [1.82, 2.24) is 15.3 Å². The first-order valence-electron chi connectivity index (χ1n) is 5.14. The number of halogens is 2. The molecule has 0 aromatic carbocycles. The highest BCUT2D eigenvalue weighted by molar-refractivity contribution is 6.28. The van der Waals surface area contributed by atoms with Crippen molar-refractivity contribution in [2.24, 2.45) is 0 Å². The Morgan fingerprint density at radius 1 is 1.44 bits per heavy atom. The third-order valence-electron chi connectivity index (χ3n) is 2.44. The number of hydrogen-bond acceptors (Lipinski definition) is 4.